The van der Waals surface area contributed by atoms with E-state index in [-0.39, 0.29) is 5.02 Å². The minimum absolute atomic E-state index is 0.0250. The van der Waals surface area contributed by atoms with Gasteiger partial charge in [-0.05, 0) is 30.2 Å². The Kier molecular flexibility index (Phi) is 6.22. The average molecular weight is 382 g/mol. The van der Waals surface area contributed by atoms with E-state index in [0.717, 1.165) is 24.3 Å². The maximum Gasteiger partial charge on any atom is 0.285 e. The molecule has 0 aliphatic heterocycles. The largest absolute Gasteiger partial charge is 0.367 e. The van der Waals surface area contributed by atoms with Crippen molar-refractivity contribution in [3.8, 4) is 0 Å². The van der Waals surface area contributed by atoms with Gasteiger partial charge in [-0.25, -0.2) is 5.10 Å². The molecule has 6 nitrogen and oxygen atoms in total. The van der Waals surface area contributed by atoms with Gasteiger partial charge >= 0.3 is 0 Å². The second-order valence-electron chi connectivity index (χ2n) is 5.89. The van der Waals surface area contributed by atoms with Crippen LogP contribution in [-0.2, 0) is 6.54 Å². The van der Waals surface area contributed by atoms with E-state index in [1.54, 1.807) is 6.21 Å². The zero-order valence-electron chi connectivity index (χ0n) is 14.9. The van der Waals surface area contributed by atoms with Gasteiger partial charge in [-0.2, -0.15) is 10.2 Å². The Morgan fingerprint density at radius 2 is 1.93 bits per heavy atom. The van der Waals surface area contributed by atoms with Crippen LogP contribution in [0, 0.1) is 0 Å². The van der Waals surface area contributed by atoms with E-state index < -0.39 is 5.56 Å². The van der Waals surface area contributed by atoms with E-state index in [1.807, 2.05) is 18.2 Å². The number of anilines is 2. The van der Waals surface area contributed by atoms with Gasteiger partial charge in [0.05, 0.1) is 12.4 Å². The predicted octanol–water partition coefficient (Wildman–Crippen LogP) is 3.90. The fraction of sp³-hybridized carbons (Fsp3) is 0.150. The predicted molar refractivity (Wildman–Crippen MR) is 111 cm³/mol. The van der Waals surface area contributed by atoms with Crippen molar-refractivity contribution in [2.75, 3.05) is 16.9 Å². The summed E-state index contributed by atoms with van der Waals surface area (Å²) in [5, 5.41) is 10.1. The highest BCUT2D eigenvalue weighted by Crippen LogP contribution is 2.18. The average Bonchev–Trinajstić information content (AvgIpc) is 2.71. The zero-order chi connectivity index (χ0) is 19.1. The Morgan fingerprint density at radius 1 is 1.19 bits per heavy atom. The Hall–Kier alpha value is -3.12. The Bertz CT molecular complexity index is 954. The normalized spacial score (nSPS) is 10.9. The molecule has 27 heavy (non-hydrogen) atoms. The molecule has 3 aromatic rings. The smallest absolute Gasteiger partial charge is 0.285 e. The van der Waals surface area contributed by atoms with Crippen LogP contribution >= 0.6 is 11.6 Å². The second kappa shape index (κ2) is 9.00. The summed E-state index contributed by atoms with van der Waals surface area (Å²) in [6.07, 6.45) is 3.07. The highest BCUT2D eigenvalue weighted by atomic mass is 35.5. The summed E-state index contributed by atoms with van der Waals surface area (Å²) in [5.41, 5.74) is 5.97. The Labute approximate surface area is 162 Å². The SMILES string of the molecule is CCN(Cc1ccccc1)c1ccc(/C=N\Nc2cn[nH]c(=O)c2Cl)cc1. The molecule has 0 aliphatic rings. The van der Waals surface area contributed by atoms with Gasteiger partial charge < -0.3 is 4.90 Å². The molecule has 3 rings (SSSR count). The minimum atomic E-state index is -0.459. The van der Waals surface area contributed by atoms with Crippen molar-refractivity contribution in [1.29, 1.82) is 0 Å². The fourth-order valence-corrected chi connectivity index (χ4v) is 2.73. The lowest BCUT2D eigenvalue weighted by atomic mass is 10.1. The van der Waals surface area contributed by atoms with Crippen molar-refractivity contribution in [3.63, 3.8) is 0 Å². The number of nitrogens with zero attached hydrogens (tertiary/aromatic N) is 3. The number of aromatic nitrogens is 2. The molecule has 1 heterocycles. The van der Waals surface area contributed by atoms with Crippen LogP contribution in [0.15, 0.2) is 70.7 Å². The first kappa shape index (κ1) is 18.7. The van der Waals surface area contributed by atoms with Gasteiger partial charge in [-0.3, -0.25) is 10.2 Å². The summed E-state index contributed by atoms with van der Waals surface area (Å²) >= 11 is 5.89. The molecule has 0 unspecified atom stereocenters. The zero-order valence-corrected chi connectivity index (χ0v) is 15.6. The molecule has 2 aromatic carbocycles. The van der Waals surface area contributed by atoms with E-state index in [4.69, 9.17) is 11.6 Å². The number of hydrogen-bond acceptors (Lipinski definition) is 5. The van der Waals surface area contributed by atoms with Crippen LogP contribution in [0.5, 0.6) is 0 Å². The van der Waals surface area contributed by atoms with Crippen molar-refractivity contribution < 1.29 is 0 Å². The van der Waals surface area contributed by atoms with Crippen LogP contribution in [0.25, 0.3) is 0 Å². The van der Waals surface area contributed by atoms with Crippen molar-refractivity contribution in [1.82, 2.24) is 10.2 Å². The van der Waals surface area contributed by atoms with Crippen molar-refractivity contribution >= 4 is 29.2 Å². The van der Waals surface area contributed by atoms with Crippen LogP contribution in [0.2, 0.25) is 5.02 Å². The second-order valence-corrected chi connectivity index (χ2v) is 6.27. The number of halogens is 1. The summed E-state index contributed by atoms with van der Waals surface area (Å²) < 4.78 is 0. The standard InChI is InChI=1S/C20H20ClN5O/c1-2-26(14-16-6-4-3-5-7-16)17-10-8-15(9-11-17)12-22-24-18-13-23-25-20(27)19(18)21/h3-13H,2,14H2,1H3,(H2,24,25,27)/b22-12-. The number of hydrogen-bond donors (Lipinski definition) is 2. The maximum atomic E-state index is 11.4. The van der Waals surface area contributed by atoms with E-state index in [0.29, 0.717) is 5.69 Å². The quantitative estimate of drug-likeness (QED) is 0.481. The van der Waals surface area contributed by atoms with Crippen LogP contribution in [0.3, 0.4) is 0 Å². The summed E-state index contributed by atoms with van der Waals surface area (Å²) in [5.74, 6) is 0. The molecule has 138 valence electrons. The molecule has 0 amide bonds. The molecular weight excluding hydrogens is 362 g/mol. The molecule has 0 atom stereocenters. The van der Waals surface area contributed by atoms with Crippen LogP contribution in [0.4, 0.5) is 11.4 Å². The molecule has 0 fully saturated rings. The number of aromatic amines is 1. The Balaban J connectivity index is 1.65. The summed E-state index contributed by atoms with van der Waals surface area (Å²) in [6, 6.07) is 18.5. The van der Waals surface area contributed by atoms with E-state index in [1.165, 1.54) is 11.8 Å². The van der Waals surface area contributed by atoms with Gasteiger partial charge in [0, 0.05) is 18.8 Å². The number of hydrazone groups is 1. The van der Waals surface area contributed by atoms with Crippen LogP contribution < -0.4 is 15.9 Å². The molecule has 2 N–H and O–H groups in total. The van der Waals surface area contributed by atoms with E-state index >= 15 is 0 Å². The van der Waals surface area contributed by atoms with Gasteiger partial charge in [0.25, 0.3) is 5.56 Å². The lowest BCUT2D eigenvalue weighted by Gasteiger charge is -2.23. The number of rotatable bonds is 7. The van der Waals surface area contributed by atoms with Gasteiger partial charge in [0.2, 0.25) is 0 Å². The summed E-state index contributed by atoms with van der Waals surface area (Å²) in [6.45, 7) is 3.92. The monoisotopic (exact) mass is 381 g/mol. The molecule has 0 radical (unpaired) electrons. The molecule has 0 bridgehead atoms. The first-order valence-corrected chi connectivity index (χ1v) is 8.96. The number of H-pyrrole nitrogens is 1. The third-order valence-corrected chi connectivity index (χ3v) is 4.43. The molecule has 0 saturated carbocycles. The first-order chi connectivity index (χ1) is 13.2. The third kappa shape index (κ3) is 4.95. The summed E-state index contributed by atoms with van der Waals surface area (Å²) in [4.78, 5) is 13.7. The molecule has 0 spiro atoms. The molecular formula is C20H20ClN5O. The molecule has 0 saturated heterocycles. The van der Waals surface area contributed by atoms with Crippen molar-refractivity contribution in [2.24, 2.45) is 5.10 Å². The lowest BCUT2D eigenvalue weighted by Crippen LogP contribution is -2.21. The molecule has 7 heteroatoms. The number of benzene rings is 2. The van der Waals surface area contributed by atoms with Crippen molar-refractivity contribution in [2.45, 2.75) is 13.5 Å². The lowest BCUT2D eigenvalue weighted by molar-refractivity contribution is 0.832. The van der Waals surface area contributed by atoms with Crippen LogP contribution in [0.1, 0.15) is 18.1 Å². The molecule has 0 aliphatic carbocycles. The minimum Gasteiger partial charge on any atom is -0.367 e. The van der Waals surface area contributed by atoms with Crippen LogP contribution in [-0.4, -0.2) is 23.0 Å². The van der Waals surface area contributed by atoms with Gasteiger partial charge in [-0.15, -0.1) is 0 Å². The third-order valence-electron chi connectivity index (χ3n) is 4.05. The highest BCUT2D eigenvalue weighted by molar-refractivity contribution is 6.32. The van der Waals surface area contributed by atoms with Gasteiger partial charge in [0.15, 0.2) is 0 Å². The van der Waals surface area contributed by atoms with Gasteiger partial charge in [-0.1, -0.05) is 54.1 Å². The number of nitrogens with one attached hydrogen (secondary N) is 2. The first-order valence-electron chi connectivity index (χ1n) is 8.58. The molecule has 1 aromatic heterocycles. The van der Waals surface area contributed by atoms with E-state index in [2.05, 4.69) is 68.9 Å². The maximum absolute atomic E-state index is 11.4. The van der Waals surface area contributed by atoms with Crippen molar-refractivity contribution in [3.05, 3.63) is 87.3 Å². The Morgan fingerprint density at radius 3 is 2.63 bits per heavy atom. The van der Waals surface area contributed by atoms with E-state index in [9.17, 15) is 4.79 Å². The topological polar surface area (TPSA) is 73.4 Å². The fourth-order valence-electron chi connectivity index (χ4n) is 2.60. The highest BCUT2D eigenvalue weighted by Gasteiger charge is 2.05. The van der Waals surface area contributed by atoms with Gasteiger partial charge in [0.1, 0.15) is 10.7 Å². The summed E-state index contributed by atoms with van der Waals surface area (Å²) in [7, 11) is 0.